The zero-order valence-corrected chi connectivity index (χ0v) is 27.4. The van der Waals surface area contributed by atoms with Crippen LogP contribution in [0.25, 0.3) is 11.1 Å². The molecule has 0 radical (unpaired) electrons. The highest BCUT2D eigenvalue weighted by Crippen LogP contribution is 2.52. The second kappa shape index (κ2) is 13.4. The van der Waals surface area contributed by atoms with Crippen molar-refractivity contribution in [1.82, 2.24) is 25.4 Å². The number of amides is 2. The van der Waals surface area contributed by atoms with Crippen LogP contribution in [0.4, 0.5) is 35.1 Å². The van der Waals surface area contributed by atoms with Crippen LogP contribution in [0.1, 0.15) is 89.0 Å². The Morgan fingerprint density at radius 1 is 1.00 bits per heavy atom. The molecule has 0 saturated heterocycles. The predicted octanol–water partition coefficient (Wildman–Crippen LogP) is 6.60. The molecule has 0 fully saturated rings. The highest BCUT2D eigenvalue weighted by molar-refractivity contribution is 5.99. The lowest BCUT2D eigenvalue weighted by Gasteiger charge is -2.29. The van der Waals surface area contributed by atoms with E-state index in [1.807, 2.05) is 0 Å². The summed E-state index contributed by atoms with van der Waals surface area (Å²) in [6, 6.07) is 9.12. The SMILES string of the molecule is CC(C)(O)C#Cc1ccc(-c2ccc3c(c2)C(=O)NC3)c(C(Cc2cc(F)cc(F)c2)NC(=O)Cn2nc(C(F)F)c3c2C(F)(F)CCC3(F)F)n1. The second-order valence-electron chi connectivity index (χ2n) is 13.1. The van der Waals surface area contributed by atoms with Crippen LogP contribution in [-0.2, 0) is 36.1 Å². The Balaban J connectivity index is 1.47. The molecule has 2 aliphatic rings. The van der Waals surface area contributed by atoms with Gasteiger partial charge in [-0.05, 0) is 73.2 Å². The van der Waals surface area contributed by atoms with Crippen molar-refractivity contribution >= 4 is 11.8 Å². The molecule has 2 aromatic carbocycles. The van der Waals surface area contributed by atoms with Crippen LogP contribution in [0, 0.1) is 23.5 Å². The lowest BCUT2D eigenvalue weighted by atomic mass is 9.89. The van der Waals surface area contributed by atoms with Crippen molar-refractivity contribution in [2.45, 2.75) is 76.1 Å². The van der Waals surface area contributed by atoms with Crippen molar-refractivity contribution < 1.29 is 49.8 Å². The van der Waals surface area contributed by atoms with E-state index in [1.165, 1.54) is 26.0 Å². The lowest BCUT2D eigenvalue weighted by molar-refractivity contribution is -0.123. The summed E-state index contributed by atoms with van der Waals surface area (Å²) in [5.41, 5.74) is -4.38. The monoisotopic (exact) mass is 731 g/mol. The summed E-state index contributed by atoms with van der Waals surface area (Å²) in [4.78, 5) is 30.7. The van der Waals surface area contributed by atoms with Crippen LogP contribution in [0.2, 0.25) is 0 Å². The fourth-order valence-electron chi connectivity index (χ4n) is 6.25. The summed E-state index contributed by atoms with van der Waals surface area (Å²) in [7, 11) is 0. The van der Waals surface area contributed by atoms with Crippen molar-refractivity contribution in [3.05, 3.63) is 105 Å². The van der Waals surface area contributed by atoms with E-state index in [0.717, 1.165) is 12.1 Å². The number of fused-ring (bicyclic) bond motifs is 2. The summed E-state index contributed by atoms with van der Waals surface area (Å²) < 4.78 is 116. The van der Waals surface area contributed by atoms with Gasteiger partial charge < -0.3 is 15.7 Å². The number of carbonyl (C=O) groups is 2. The number of rotatable bonds is 8. The molecular weight excluding hydrogens is 702 g/mol. The molecule has 1 unspecified atom stereocenters. The molecule has 0 spiro atoms. The van der Waals surface area contributed by atoms with E-state index in [1.54, 1.807) is 18.2 Å². The molecule has 272 valence electrons. The predicted molar refractivity (Wildman–Crippen MR) is 169 cm³/mol. The second-order valence-corrected chi connectivity index (χ2v) is 13.1. The molecule has 52 heavy (non-hydrogen) atoms. The Kier molecular flexibility index (Phi) is 9.37. The quantitative estimate of drug-likeness (QED) is 0.140. The molecule has 4 aromatic rings. The Hall–Kier alpha value is -5.30. The lowest BCUT2D eigenvalue weighted by Crippen LogP contribution is -2.37. The van der Waals surface area contributed by atoms with Gasteiger partial charge in [0.25, 0.3) is 24.2 Å². The summed E-state index contributed by atoms with van der Waals surface area (Å²) in [5.74, 6) is -6.27. The minimum atomic E-state index is -4.07. The average molecular weight is 732 g/mol. The van der Waals surface area contributed by atoms with Crippen LogP contribution < -0.4 is 10.6 Å². The van der Waals surface area contributed by atoms with Crippen LogP contribution in [0.15, 0.2) is 48.5 Å². The smallest absolute Gasteiger partial charge is 0.290 e. The molecule has 1 aliphatic heterocycles. The van der Waals surface area contributed by atoms with Crippen LogP contribution in [0.3, 0.4) is 0 Å². The highest BCUT2D eigenvalue weighted by Gasteiger charge is 2.55. The number of nitrogens with one attached hydrogen (secondary N) is 2. The number of pyridine rings is 1. The van der Waals surface area contributed by atoms with Gasteiger partial charge in [-0.25, -0.2) is 31.3 Å². The molecule has 3 heterocycles. The van der Waals surface area contributed by atoms with Crippen LogP contribution in [-0.4, -0.2) is 37.3 Å². The van der Waals surface area contributed by atoms with Gasteiger partial charge in [-0.1, -0.05) is 18.1 Å². The van der Waals surface area contributed by atoms with E-state index in [0.29, 0.717) is 28.3 Å². The average Bonchev–Trinajstić information content (AvgIpc) is 3.63. The summed E-state index contributed by atoms with van der Waals surface area (Å²) in [6.07, 6.45) is -6.85. The van der Waals surface area contributed by atoms with Crippen molar-refractivity contribution in [3.8, 4) is 23.0 Å². The third-order valence-corrected chi connectivity index (χ3v) is 8.50. The van der Waals surface area contributed by atoms with Crippen molar-refractivity contribution in [1.29, 1.82) is 0 Å². The van der Waals surface area contributed by atoms with Gasteiger partial charge in [0.1, 0.15) is 40.9 Å². The molecule has 1 aliphatic carbocycles. The molecular formula is C36H29F8N5O3. The number of hydrogen-bond acceptors (Lipinski definition) is 5. The molecule has 3 N–H and O–H groups in total. The Morgan fingerprint density at radius 2 is 1.69 bits per heavy atom. The Labute approximate surface area is 291 Å². The first-order valence-corrected chi connectivity index (χ1v) is 15.9. The van der Waals surface area contributed by atoms with Gasteiger partial charge in [0.2, 0.25) is 5.91 Å². The molecule has 2 amide bonds. The first-order valence-electron chi connectivity index (χ1n) is 15.9. The van der Waals surface area contributed by atoms with E-state index in [2.05, 4.69) is 32.6 Å². The number of aliphatic hydroxyl groups is 1. The molecule has 1 atom stereocenters. The number of alkyl halides is 6. The van der Waals surface area contributed by atoms with Gasteiger partial charge >= 0.3 is 0 Å². The number of nitrogens with zero attached hydrogens (tertiary/aromatic N) is 3. The Bertz CT molecular complexity index is 2130. The zero-order valence-electron chi connectivity index (χ0n) is 27.4. The fourth-order valence-corrected chi connectivity index (χ4v) is 6.25. The summed E-state index contributed by atoms with van der Waals surface area (Å²) >= 11 is 0. The minimum Gasteiger partial charge on any atom is -0.378 e. The maximum absolute atomic E-state index is 15.1. The van der Waals surface area contributed by atoms with Gasteiger partial charge in [-0.3, -0.25) is 14.3 Å². The van der Waals surface area contributed by atoms with Gasteiger partial charge in [-0.15, -0.1) is 0 Å². The Morgan fingerprint density at radius 3 is 2.37 bits per heavy atom. The highest BCUT2D eigenvalue weighted by atomic mass is 19.3. The number of carbonyl (C=O) groups excluding carboxylic acids is 2. The third kappa shape index (κ3) is 7.50. The number of halogens is 8. The maximum Gasteiger partial charge on any atom is 0.290 e. The zero-order chi connectivity index (χ0) is 37.7. The first kappa shape index (κ1) is 36.5. The number of aromatic nitrogens is 3. The van der Waals surface area contributed by atoms with Crippen molar-refractivity contribution in [2.75, 3.05) is 0 Å². The van der Waals surface area contributed by atoms with Crippen LogP contribution >= 0.6 is 0 Å². The van der Waals surface area contributed by atoms with Crippen LogP contribution in [0.5, 0.6) is 0 Å². The molecule has 0 bridgehead atoms. The van der Waals surface area contributed by atoms with Crippen molar-refractivity contribution in [3.63, 3.8) is 0 Å². The topological polar surface area (TPSA) is 109 Å². The van der Waals surface area contributed by atoms with Gasteiger partial charge in [0.05, 0.1) is 17.3 Å². The fraction of sp³-hybridized carbons (Fsp3) is 0.333. The minimum absolute atomic E-state index is 0.000472. The van der Waals surface area contributed by atoms with Gasteiger partial charge in [0, 0.05) is 36.6 Å². The van der Waals surface area contributed by atoms with E-state index in [4.69, 9.17) is 0 Å². The molecule has 16 heteroatoms. The first-order chi connectivity index (χ1) is 24.3. The normalized spacial score (nSPS) is 16.4. The summed E-state index contributed by atoms with van der Waals surface area (Å²) in [5, 5.41) is 18.7. The number of hydrogen-bond donors (Lipinski definition) is 3. The third-order valence-electron chi connectivity index (χ3n) is 8.50. The maximum atomic E-state index is 15.1. The molecule has 6 rings (SSSR count). The van der Waals surface area contributed by atoms with Crippen molar-refractivity contribution in [2.24, 2.45) is 0 Å². The van der Waals surface area contributed by atoms with E-state index >= 15 is 8.78 Å². The van der Waals surface area contributed by atoms with Gasteiger partial charge in [-0.2, -0.15) is 13.9 Å². The van der Waals surface area contributed by atoms with E-state index in [-0.39, 0.29) is 40.5 Å². The molecule has 2 aromatic heterocycles. The summed E-state index contributed by atoms with van der Waals surface area (Å²) in [6.45, 7) is 1.89. The number of benzene rings is 2. The van der Waals surface area contributed by atoms with Gasteiger partial charge in [0.15, 0.2) is 0 Å². The molecule has 8 nitrogen and oxygen atoms in total. The largest absolute Gasteiger partial charge is 0.378 e. The van der Waals surface area contributed by atoms with E-state index < -0.39 is 83.8 Å². The van der Waals surface area contributed by atoms with E-state index in [9.17, 15) is 41.0 Å². The molecule has 0 saturated carbocycles. The standard InChI is InChI=1S/C36H29F8N5O3/c1-34(2,52)8-7-23-5-6-24(19-3-4-20-16-45-33(51)25(20)14-19)29(46-23)26(13-18-11-21(37)15-22(38)12-18)47-27(50)17-49-31-28(30(48-49)32(39)40)35(41,42)9-10-36(31,43)44/h3-6,11-12,14-15,26,32,52H,9-10,13,16-17H2,1-2H3,(H,45,51)(H,47,50).